The normalized spacial score (nSPS) is 11.9. The molecule has 20 heavy (non-hydrogen) atoms. The first-order chi connectivity index (χ1) is 9.47. The smallest absolute Gasteiger partial charge is 0.323 e. The zero-order chi connectivity index (χ0) is 15.1. The molecule has 0 aliphatic heterocycles. The zero-order valence-corrected chi connectivity index (χ0v) is 11.7. The first-order valence-electron chi connectivity index (χ1n) is 6.29. The largest absolute Gasteiger partial charge is 0.480 e. The number of rotatable bonds is 7. The van der Waals surface area contributed by atoms with E-state index in [0.29, 0.717) is 5.69 Å². The molecule has 6 nitrogen and oxygen atoms in total. The van der Waals surface area contributed by atoms with E-state index in [-0.39, 0.29) is 25.4 Å². The number of hydrogen-bond donors (Lipinski definition) is 2. The molecule has 1 aromatic rings. The monoisotopic (exact) mass is 280 g/mol. The van der Waals surface area contributed by atoms with E-state index in [1.54, 1.807) is 12.1 Å². The van der Waals surface area contributed by atoms with Crippen molar-refractivity contribution in [3.8, 4) is 0 Å². The predicted octanol–water partition coefficient (Wildman–Crippen LogP) is 0.776. The number of ether oxygens (including phenoxy) is 1. The van der Waals surface area contributed by atoms with Gasteiger partial charge in [0.05, 0.1) is 12.5 Å². The van der Waals surface area contributed by atoms with E-state index in [9.17, 15) is 9.59 Å². The number of carboxylic acids is 1. The molecule has 0 fully saturated rings. The second kappa shape index (κ2) is 7.62. The average molecular weight is 280 g/mol. The van der Waals surface area contributed by atoms with Gasteiger partial charge in [0.1, 0.15) is 6.54 Å². The number of benzene rings is 1. The molecule has 0 saturated carbocycles. The van der Waals surface area contributed by atoms with Gasteiger partial charge in [-0.15, -0.1) is 0 Å². The quantitative estimate of drug-likeness (QED) is 0.769. The number of aliphatic carboxylic acids is 1. The summed E-state index contributed by atoms with van der Waals surface area (Å²) in [6.07, 6.45) is -0.363. The van der Waals surface area contributed by atoms with E-state index in [1.165, 1.54) is 12.0 Å². The molecule has 1 amide bonds. The Balaban J connectivity index is 2.91. The van der Waals surface area contributed by atoms with Gasteiger partial charge in [0.2, 0.25) is 5.91 Å². The summed E-state index contributed by atoms with van der Waals surface area (Å²) in [6, 6.07) is 7.10. The molecule has 0 heterocycles. The third-order valence-corrected chi connectivity index (χ3v) is 2.94. The van der Waals surface area contributed by atoms with E-state index < -0.39 is 12.1 Å². The van der Waals surface area contributed by atoms with Crippen LogP contribution in [-0.2, 0) is 14.3 Å². The Bertz CT molecular complexity index is 455. The second-order valence-corrected chi connectivity index (χ2v) is 4.51. The van der Waals surface area contributed by atoms with E-state index in [1.807, 2.05) is 19.1 Å². The van der Waals surface area contributed by atoms with Gasteiger partial charge in [-0.1, -0.05) is 17.7 Å². The lowest BCUT2D eigenvalue weighted by Crippen LogP contribution is -2.39. The van der Waals surface area contributed by atoms with Crippen molar-refractivity contribution >= 4 is 17.6 Å². The molecular formula is C14H20N2O4. The van der Waals surface area contributed by atoms with Crippen LogP contribution in [0.5, 0.6) is 0 Å². The summed E-state index contributed by atoms with van der Waals surface area (Å²) >= 11 is 0. The van der Waals surface area contributed by atoms with Crippen molar-refractivity contribution in [2.45, 2.75) is 19.4 Å². The number of hydrogen-bond acceptors (Lipinski definition) is 4. The number of methoxy groups -OCH3 is 1. The molecule has 3 N–H and O–H groups in total. The molecule has 0 spiro atoms. The van der Waals surface area contributed by atoms with Gasteiger partial charge in [-0.3, -0.25) is 9.59 Å². The van der Waals surface area contributed by atoms with Crippen LogP contribution >= 0.6 is 0 Å². The van der Waals surface area contributed by atoms with Crippen molar-refractivity contribution in [2.75, 3.05) is 25.1 Å². The maximum absolute atomic E-state index is 12.2. The van der Waals surface area contributed by atoms with Crippen LogP contribution in [0.1, 0.15) is 12.0 Å². The SMILES string of the molecule is COC(CN)CC(=O)N(CC(=O)O)c1ccc(C)cc1. The number of carbonyl (C=O) groups excluding carboxylic acids is 1. The van der Waals surface area contributed by atoms with Gasteiger partial charge in [-0.25, -0.2) is 0 Å². The second-order valence-electron chi connectivity index (χ2n) is 4.51. The fourth-order valence-electron chi connectivity index (χ4n) is 1.75. The average Bonchev–Trinajstić information content (AvgIpc) is 2.42. The van der Waals surface area contributed by atoms with Crippen LogP contribution in [0.4, 0.5) is 5.69 Å². The molecule has 1 rings (SSSR count). The minimum atomic E-state index is -1.07. The fourth-order valence-corrected chi connectivity index (χ4v) is 1.75. The Morgan fingerprint density at radius 1 is 1.35 bits per heavy atom. The Kier molecular flexibility index (Phi) is 6.14. The summed E-state index contributed by atoms with van der Waals surface area (Å²) in [7, 11) is 1.47. The lowest BCUT2D eigenvalue weighted by atomic mass is 10.1. The predicted molar refractivity (Wildman–Crippen MR) is 75.6 cm³/mol. The van der Waals surface area contributed by atoms with Crippen molar-refractivity contribution in [1.29, 1.82) is 0 Å². The van der Waals surface area contributed by atoms with E-state index in [2.05, 4.69) is 0 Å². The van der Waals surface area contributed by atoms with Crippen LogP contribution in [0.25, 0.3) is 0 Å². The highest BCUT2D eigenvalue weighted by Gasteiger charge is 2.21. The Morgan fingerprint density at radius 2 is 1.95 bits per heavy atom. The molecule has 110 valence electrons. The maximum Gasteiger partial charge on any atom is 0.323 e. The summed E-state index contributed by atoms with van der Waals surface area (Å²) in [5.74, 6) is -1.39. The highest BCUT2D eigenvalue weighted by molar-refractivity contribution is 5.97. The highest BCUT2D eigenvalue weighted by atomic mass is 16.5. The first kappa shape index (κ1) is 16.1. The van der Waals surface area contributed by atoms with Crippen molar-refractivity contribution in [1.82, 2.24) is 0 Å². The van der Waals surface area contributed by atoms with Gasteiger partial charge >= 0.3 is 5.97 Å². The molecule has 6 heteroatoms. The number of amides is 1. The number of anilines is 1. The fraction of sp³-hybridized carbons (Fsp3) is 0.429. The number of carbonyl (C=O) groups is 2. The summed E-state index contributed by atoms with van der Waals surface area (Å²) < 4.78 is 5.06. The molecule has 0 radical (unpaired) electrons. The number of nitrogens with two attached hydrogens (primary N) is 1. The van der Waals surface area contributed by atoms with Crippen LogP contribution in [0.3, 0.4) is 0 Å². The van der Waals surface area contributed by atoms with Crippen molar-refractivity contribution in [2.24, 2.45) is 5.73 Å². The topological polar surface area (TPSA) is 92.9 Å². The lowest BCUT2D eigenvalue weighted by Gasteiger charge is -2.23. The van der Waals surface area contributed by atoms with Gasteiger partial charge < -0.3 is 20.5 Å². The van der Waals surface area contributed by atoms with Crippen LogP contribution in [0.15, 0.2) is 24.3 Å². The molecule has 0 aliphatic rings. The molecule has 1 unspecified atom stereocenters. The van der Waals surface area contributed by atoms with Gasteiger partial charge in [-0.05, 0) is 19.1 Å². The summed E-state index contributed by atoms with van der Waals surface area (Å²) in [4.78, 5) is 24.4. The van der Waals surface area contributed by atoms with Crippen molar-refractivity contribution < 1.29 is 19.4 Å². The van der Waals surface area contributed by atoms with Crippen LogP contribution < -0.4 is 10.6 Å². The van der Waals surface area contributed by atoms with Gasteiger partial charge in [0.25, 0.3) is 0 Å². The molecule has 0 saturated heterocycles. The minimum absolute atomic E-state index is 0.0498. The summed E-state index contributed by atoms with van der Waals surface area (Å²) in [6.45, 7) is 1.74. The lowest BCUT2D eigenvalue weighted by molar-refractivity contribution is -0.137. The van der Waals surface area contributed by atoms with Gasteiger partial charge in [0, 0.05) is 19.3 Å². The zero-order valence-electron chi connectivity index (χ0n) is 11.7. The van der Waals surface area contributed by atoms with Gasteiger partial charge in [0.15, 0.2) is 0 Å². The van der Waals surface area contributed by atoms with E-state index in [0.717, 1.165) is 5.56 Å². The standard InChI is InChI=1S/C14H20N2O4/c1-10-3-5-11(6-4-10)16(9-14(18)19)13(17)7-12(8-15)20-2/h3-6,12H,7-9,15H2,1-2H3,(H,18,19). The van der Waals surface area contributed by atoms with E-state index >= 15 is 0 Å². The third kappa shape index (κ3) is 4.64. The first-order valence-corrected chi connectivity index (χ1v) is 6.29. The summed E-state index contributed by atoms with van der Waals surface area (Å²) in [5.41, 5.74) is 7.07. The minimum Gasteiger partial charge on any atom is -0.480 e. The molecule has 0 bridgehead atoms. The Labute approximate surface area is 118 Å². The number of carboxylic acid groups (broad SMARTS) is 1. The highest BCUT2D eigenvalue weighted by Crippen LogP contribution is 2.17. The molecule has 1 atom stereocenters. The van der Waals surface area contributed by atoms with Crippen molar-refractivity contribution in [3.05, 3.63) is 29.8 Å². The Morgan fingerprint density at radius 3 is 2.40 bits per heavy atom. The van der Waals surface area contributed by atoms with Gasteiger partial charge in [-0.2, -0.15) is 0 Å². The third-order valence-electron chi connectivity index (χ3n) is 2.94. The van der Waals surface area contributed by atoms with Crippen LogP contribution in [0.2, 0.25) is 0 Å². The molecule has 0 aromatic heterocycles. The summed E-state index contributed by atoms with van der Waals surface area (Å²) in [5, 5.41) is 8.95. The van der Waals surface area contributed by atoms with Crippen LogP contribution in [-0.4, -0.2) is 43.3 Å². The van der Waals surface area contributed by atoms with E-state index in [4.69, 9.17) is 15.6 Å². The van der Waals surface area contributed by atoms with Crippen molar-refractivity contribution in [3.63, 3.8) is 0 Å². The number of nitrogens with zero attached hydrogens (tertiary/aromatic N) is 1. The molecule has 0 aliphatic carbocycles. The maximum atomic E-state index is 12.2. The van der Waals surface area contributed by atoms with Crippen LogP contribution in [0, 0.1) is 6.92 Å². The number of aryl methyl sites for hydroxylation is 1. The molecule has 1 aromatic carbocycles. The molecular weight excluding hydrogens is 260 g/mol. The Hall–Kier alpha value is -1.92.